The van der Waals surface area contributed by atoms with Crippen molar-refractivity contribution in [1.82, 2.24) is 14.8 Å². The molecule has 8 nitrogen and oxygen atoms in total. The molecule has 3 aromatic rings. The van der Waals surface area contributed by atoms with Crippen molar-refractivity contribution in [3.63, 3.8) is 0 Å². The molecule has 0 spiro atoms. The van der Waals surface area contributed by atoms with Gasteiger partial charge in [0.05, 0.1) is 21.3 Å². The van der Waals surface area contributed by atoms with Gasteiger partial charge in [0, 0.05) is 29.3 Å². The first-order chi connectivity index (χ1) is 16.0. The summed E-state index contributed by atoms with van der Waals surface area (Å²) in [6.45, 7) is 1.84. The molecule has 2 heterocycles. The zero-order chi connectivity index (χ0) is 23.1. The van der Waals surface area contributed by atoms with Crippen LogP contribution in [0, 0.1) is 6.92 Å². The lowest BCUT2D eigenvalue weighted by atomic mass is 9.77. The molecule has 8 heteroatoms. The molecule has 0 fully saturated rings. The quantitative estimate of drug-likeness (QED) is 0.633. The lowest BCUT2D eigenvalue weighted by Crippen LogP contribution is -2.33. The summed E-state index contributed by atoms with van der Waals surface area (Å²) in [6.07, 6.45) is 1.14. The number of methoxy groups -OCH3 is 3. The molecular weight excluding hydrogens is 420 g/mol. The van der Waals surface area contributed by atoms with Crippen LogP contribution in [0.5, 0.6) is 17.2 Å². The number of rotatable bonds is 5. The number of aromatic nitrogens is 3. The van der Waals surface area contributed by atoms with E-state index in [2.05, 4.69) is 27.5 Å². The first-order valence-electron chi connectivity index (χ1n) is 10.8. The summed E-state index contributed by atoms with van der Waals surface area (Å²) in [7, 11) is 4.76. The van der Waals surface area contributed by atoms with Gasteiger partial charge in [-0.3, -0.25) is 4.79 Å². The fraction of sp³-hybridized carbons (Fsp3) is 0.320. The van der Waals surface area contributed by atoms with Crippen LogP contribution in [-0.2, 0) is 4.79 Å². The van der Waals surface area contributed by atoms with Crippen molar-refractivity contribution < 1.29 is 19.0 Å². The average molecular weight is 447 g/mol. The number of aryl methyl sites for hydroxylation is 1. The SMILES string of the molecule is COc1cc(OC)c([C@@H]2C3=C(C[C@H](c4ccccc4)CC3=O)Nc3nc(C)nn32)cc1OC. The Labute approximate surface area is 192 Å². The maximum absolute atomic E-state index is 13.6. The Bertz CT molecular complexity index is 1250. The zero-order valence-electron chi connectivity index (χ0n) is 19.1. The molecule has 0 saturated carbocycles. The highest BCUT2D eigenvalue weighted by Crippen LogP contribution is 2.48. The summed E-state index contributed by atoms with van der Waals surface area (Å²) < 4.78 is 18.5. The smallest absolute Gasteiger partial charge is 0.226 e. The first kappa shape index (κ1) is 21.1. The van der Waals surface area contributed by atoms with Crippen LogP contribution >= 0.6 is 0 Å². The van der Waals surface area contributed by atoms with Crippen LogP contribution in [0.25, 0.3) is 0 Å². The Balaban J connectivity index is 1.68. The predicted octanol–water partition coefficient (Wildman–Crippen LogP) is 4.03. The third-order valence-corrected chi connectivity index (χ3v) is 6.33. The molecule has 0 saturated heterocycles. The Morgan fingerprint density at radius 3 is 2.36 bits per heavy atom. The van der Waals surface area contributed by atoms with Crippen LogP contribution in [-0.4, -0.2) is 41.9 Å². The monoisotopic (exact) mass is 446 g/mol. The average Bonchev–Trinajstić information content (AvgIpc) is 3.21. The molecule has 5 rings (SSSR count). The second-order valence-electron chi connectivity index (χ2n) is 8.24. The van der Waals surface area contributed by atoms with E-state index in [0.717, 1.165) is 16.8 Å². The molecule has 0 radical (unpaired) electrons. The van der Waals surface area contributed by atoms with E-state index in [4.69, 9.17) is 14.2 Å². The van der Waals surface area contributed by atoms with Crippen molar-refractivity contribution in [3.8, 4) is 17.2 Å². The van der Waals surface area contributed by atoms with E-state index in [-0.39, 0.29) is 11.7 Å². The molecule has 1 aliphatic carbocycles. The number of hydrogen-bond donors (Lipinski definition) is 1. The summed E-state index contributed by atoms with van der Waals surface area (Å²) >= 11 is 0. The van der Waals surface area contributed by atoms with E-state index in [0.29, 0.717) is 47.4 Å². The summed E-state index contributed by atoms with van der Waals surface area (Å²) in [4.78, 5) is 18.2. The maximum atomic E-state index is 13.6. The standard InChI is InChI=1S/C25H26N4O4/c1-14-26-25-27-18-10-16(15-8-6-5-7-9-15)11-19(30)23(18)24(29(25)28-14)17-12-21(32-3)22(33-4)13-20(17)31-2/h5-9,12-13,16,24H,10-11H2,1-4H3,(H,26,27,28)/t16-,24+/m0/s1. The van der Waals surface area contributed by atoms with E-state index in [1.54, 1.807) is 32.1 Å². The van der Waals surface area contributed by atoms with E-state index in [1.165, 1.54) is 0 Å². The molecule has 1 aliphatic heterocycles. The minimum absolute atomic E-state index is 0.0817. The van der Waals surface area contributed by atoms with Gasteiger partial charge < -0.3 is 19.5 Å². The first-order valence-corrected chi connectivity index (χ1v) is 10.8. The van der Waals surface area contributed by atoms with Crippen molar-refractivity contribution in [3.05, 3.63) is 70.7 Å². The normalized spacial score (nSPS) is 19.5. The number of benzene rings is 2. The molecule has 1 N–H and O–H groups in total. The molecule has 170 valence electrons. The molecule has 0 unspecified atom stereocenters. The van der Waals surface area contributed by atoms with Gasteiger partial charge in [0.1, 0.15) is 17.6 Å². The topological polar surface area (TPSA) is 87.5 Å². The summed E-state index contributed by atoms with van der Waals surface area (Å²) in [5.41, 5.74) is 3.48. The van der Waals surface area contributed by atoms with Crippen LogP contribution in [0.3, 0.4) is 0 Å². The van der Waals surface area contributed by atoms with Gasteiger partial charge in [0.25, 0.3) is 0 Å². The predicted molar refractivity (Wildman–Crippen MR) is 123 cm³/mol. The van der Waals surface area contributed by atoms with Crippen molar-refractivity contribution >= 4 is 11.7 Å². The van der Waals surface area contributed by atoms with E-state index in [9.17, 15) is 4.79 Å². The number of ketones is 1. The molecule has 2 aliphatic rings. The molecule has 2 aromatic carbocycles. The Kier molecular flexibility index (Phi) is 5.28. The number of allylic oxidation sites excluding steroid dienone is 2. The third-order valence-electron chi connectivity index (χ3n) is 6.33. The van der Waals surface area contributed by atoms with Crippen LogP contribution < -0.4 is 19.5 Å². The molecule has 0 bridgehead atoms. The number of ether oxygens (including phenoxy) is 3. The van der Waals surface area contributed by atoms with Gasteiger partial charge in [0.2, 0.25) is 5.95 Å². The largest absolute Gasteiger partial charge is 0.496 e. The number of carbonyl (C=O) groups excluding carboxylic acids is 1. The highest BCUT2D eigenvalue weighted by atomic mass is 16.5. The fourth-order valence-electron chi connectivity index (χ4n) is 4.83. The van der Waals surface area contributed by atoms with E-state index >= 15 is 0 Å². The van der Waals surface area contributed by atoms with Crippen LogP contribution in [0.15, 0.2) is 53.7 Å². The minimum Gasteiger partial charge on any atom is -0.496 e. The second-order valence-corrected chi connectivity index (χ2v) is 8.24. The van der Waals surface area contributed by atoms with Crippen molar-refractivity contribution in [2.75, 3.05) is 26.6 Å². The van der Waals surface area contributed by atoms with Crippen LogP contribution in [0.2, 0.25) is 0 Å². The van der Waals surface area contributed by atoms with Gasteiger partial charge in [-0.2, -0.15) is 10.1 Å². The van der Waals surface area contributed by atoms with E-state index in [1.807, 2.05) is 31.2 Å². The molecule has 2 atom stereocenters. The zero-order valence-corrected chi connectivity index (χ0v) is 19.1. The second kappa shape index (κ2) is 8.27. The van der Waals surface area contributed by atoms with Gasteiger partial charge in [-0.05, 0) is 30.9 Å². The Hall–Kier alpha value is -3.81. The van der Waals surface area contributed by atoms with E-state index < -0.39 is 6.04 Å². The fourth-order valence-corrected chi connectivity index (χ4v) is 4.83. The van der Waals surface area contributed by atoms with Gasteiger partial charge >= 0.3 is 0 Å². The van der Waals surface area contributed by atoms with Gasteiger partial charge in [-0.1, -0.05) is 30.3 Å². The summed E-state index contributed by atoms with van der Waals surface area (Å²) in [5.74, 6) is 3.10. The highest BCUT2D eigenvalue weighted by molar-refractivity contribution is 6.00. The van der Waals surface area contributed by atoms with Crippen LogP contribution in [0.1, 0.15) is 41.8 Å². The number of fused-ring (bicyclic) bond motifs is 1. The lowest BCUT2D eigenvalue weighted by Gasteiger charge is -2.35. The van der Waals surface area contributed by atoms with Gasteiger partial charge in [-0.15, -0.1) is 0 Å². The molecule has 1 aromatic heterocycles. The highest BCUT2D eigenvalue weighted by Gasteiger charge is 2.41. The van der Waals surface area contributed by atoms with Gasteiger partial charge in [-0.25, -0.2) is 4.68 Å². The van der Waals surface area contributed by atoms with Crippen molar-refractivity contribution in [2.24, 2.45) is 0 Å². The number of nitrogens with zero attached hydrogens (tertiary/aromatic N) is 3. The summed E-state index contributed by atoms with van der Waals surface area (Å²) in [6, 6.07) is 13.3. The molecular formula is C25H26N4O4. The number of nitrogens with one attached hydrogen (secondary N) is 1. The lowest BCUT2D eigenvalue weighted by molar-refractivity contribution is -0.116. The molecule has 33 heavy (non-hydrogen) atoms. The number of hydrogen-bond acceptors (Lipinski definition) is 7. The van der Waals surface area contributed by atoms with Crippen molar-refractivity contribution in [2.45, 2.75) is 31.7 Å². The minimum atomic E-state index is -0.489. The maximum Gasteiger partial charge on any atom is 0.226 e. The van der Waals surface area contributed by atoms with Crippen molar-refractivity contribution in [1.29, 1.82) is 0 Å². The van der Waals surface area contributed by atoms with Gasteiger partial charge in [0.15, 0.2) is 17.3 Å². The number of anilines is 1. The Morgan fingerprint density at radius 1 is 0.970 bits per heavy atom. The third kappa shape index (κ3) is 3.51. The number of carbonyl (C=O) groups is 1. The summed E-state index contributed by atoms with van der Waals surface area (Å²) in [5, 5.41) is 8.00. The van der Waals surface area contributed by atoms with Crippen LogP contribution in [0.4, 0.5) is 5.95 Å². The Morgan fingerprint density at radius 2 is 1.67 bits per heavy atom. The number of Topliss-reactive ketones (excluding diaryl/α,β-unsaturated/α-hetero) is 1. The molecule has 0 amide bonds.